The number of nitrogens with zero attached hydrogens (tertiary/aromatic N) is 2. The van der Waals surface area contributed by atoms with Gasteiger partial charge in [0.15, 0.2) is 5.82 Å². The highest BCUT2D eigenvalue weighted by Crippen LogP contribution is 2.63. The Labute approximate surface area is 296 Å². The van der Waals surface area contributed by atoms with Crippen LogP contribution in [0.25, 0.3) is 56.2 Å². The predicted octanol–water partition coefficient (Wildman–Crippen LogP) is 12.0. The molecule has 0 bridgehead atoms. The molecule has 0 unspecified atom stereocenters. The molecular formula is C47H30N2S. The molecule has 0 radical (unpaired) electrons. The molecule has 0 amide bonds. The number of hydrogen-bond donors (Lipinski definition) is 0. The Morgan fingerprint density at radius 3 is 1.56 bits per heavy atom. The van der Waals surface area contributed by atoms with E-state index in [1.807, 2.05) is 11.8 Å². The highest BCUT2D eigenvalue weighted by atomic mass is 32.2. The normalized spacial score (nSPS) is 13.3. The van der Waals surface area contributed by atoms with E-state index >= 15 is 0 Å². The minimum absolute atomic E-state index is 0.458. The maximum Gasteiger partial charge on any atom is 0.161 e. The van der Waals surface area contributed by atoms with Crippen molar-refractivity contribution >= 4 is 11.8 Å². The van der Waals surface area contributed by atoms with E-state index in [0.717, 1.165) is 45.0 Å². The molecule has 1 aliphatic heterocycles. The molecule has 1 spiro atoms. The van der Waals surface area contributed by atoms with Gasteiger partial charge < -0.3 is 0 Å². The molecule has 0 saturated heterocycles. The molecule has 7 aromatic carbocycles. The van der Waals surface area contributed by atoms with E-state index in [4.69, 9.17) is 9.97 Å². The molecule has 0 N–H and O–H groups in total. The van der Waals surface area contributed by atoms with Gasteiger partial charge in [-0.25, -0.2) is 9.97 Å². The lowest BCUT2D eigenvalue weighted by Gasteiger charge is -2.40. The third-order valence-corrected chi connectivity index (χ3v) is 11.4. The van der Waals surface area contributed by atoms with Crippen molar-refractivity contribution in [3.8, 4) is 56.2 Å². The first kappa shape index (κ1) is 28.9. The zero-order valence-corrected chi connectivity index (χ0v) is 27.9. The summed E-state index contributed by atoms with van der Waals surface area (Å²) in [5.74, 6) is 0.725. The summed E-state index contributed by atoms with van der Waals surface area (Å²) in [4.78, 5) is 13.2. The Morgan fingerprint density at radius 2 is 0.860 bits per heavy atom. The van der Waals surface area contributed by atoms with E-state index in [0.29, 0.717) is 0 Å². The summed E-state index contributed by atoms with van der Waals surface area (Å²) in [5, 5.41) is 0. The Balaban J connectivity index is 1.26. The maximum absolute atomic E-state index is 5.43. The molecule has 10 rings (SSSR count). The summed E-state index contributed by atoms with van der Waals surface area (Å²) in [6.07, 6.45) is 0. The van der Waals surface area contributed by atoms with Crippen LogP contribution >= 0.6 is 11.8 Å². The van der Waals surface area contributed by atoms with Gasteiger partial charge in [0.25, 0.3) is 0 Å². The predicted molar refractivity (Wildman–Crippen MR) is 205 cm³/mol. The van der Waals surface area contributed by atoms with Gasteiger partial charge in [-0.3, -0.25) is 0 Å². The molecule has 2 heterocycles. The third-order valence-electron chi connectivity index (χ3n) is 10.2. The van der Waals surface area contributed by atoms with Gasteiger partial charge in [0.1, 0.15) is 0 Å². The second kappa shape index (κ2) is 11.5. The number of hydrogen-bond acceptors (Lipinski definition) is 3. The fourth-order valence-corrected chi connectivity index (χ4v) is 9.39. The molecule has 1 aliphatic carbocycles. The molecule has 0 saturated carbocycles. The van der Waals surface area contributed by atoms with Crippen LogP contribution in [0.4, 0.5) is 0 Å². The van der Waals surface area contributed by atoms with E-state index in [1.54, 1.807) is 0 Å². The fourth-order valence-electron chi connectivity index (χ4n) is 8.09. The van der Waals surface area contributed by atoms with Crippen LogP contribution in [0.2, 0.25) is 0 Å². The Kier molecular flexibility index (Phi) is 6.68. The van der Waals surface area contributed by atoms with E-state index in [9.17, 15) is 0 Å². The summed E-state index contributed by atoms with van der Waals surface area (Å²) >= 11 is 1.84. The van der Waals surface area contributed by atoms with Crippen molar-refractivity contribution in [1.29, 1.82) is 0 Å². The first-order valence-electron chi connectivity index (χ1n) is 17.0. The average Bonchev–Trinajstić information content (AvgIpc) is 3.49. The Morgan fingerprint density at radius 1 is 0.360 bits per heavy atom. The van der Waals surface area contributed by atoms with Crippen molar-refractivity contribution in [2.45, 2.75) is 15.2 Å². The van der Waals surface area contributed by atoms with Gasteiger partial charge in [-0.15, -0.1) is 0 Å². The minimum Gasteiger partial charge on any atom is -0.228 e. The smallest absolute Gasteiger partial charge is 0.161 e. The molecular weight excluding hydrogens is 625 g/mol. The topological polar surface area (TPSA) is 25.8 Å². The maximum atomic E-state index is 5.43. The molecule has 50 heavy (non-hydrogen) atoms. The van der Waals surface area contributed by atoms with Crippen LogP contribution in [0.15, 0.2) is 192 Å². The van der Waals surface area contributed by atoms with Crippen LogP contribution in [0, 0.1) is 0 Å². The molecule has 2 aliphatic rings. The van der Waals surface area contributed by atoms with Crippen LogP contribution in [0.3, 0.4) is 0 Å². The van der Waals surface area contributed by atoms with Gasteiger partial charge in [-0.2, -0.15) is 0 Å². The van der Waals surface area contributed by atoms with E-state index < -0.39 is 5.41 Å². The Bertz CT molecular complexity index is 2530. The number of benzene rings is 7. The zero-order valence-electron chi connectivity index (χ0n) is 27.1. The second-order valence-electron chi connectivity index (χ2n) is 12.9. The first-order valence-corrected chi connectivity index (χ1v) is 17.8. The second-order valence-corrected chi connectivity index (χ2v) is 13.9. The Hall–Kier alpha value is -6.03. The average molecular weight is 655 g/mol. The highest BCUT2D eigenvalue weighted by molar-refractivity contribution is 7.99. The minimum atomic E-state index is -0.458. The molecule has 0 atom stereocenters. The third kappa shape index (κ3) is 4.30. The first-order chi connectivity index (χ1) is 24.8. The van der Waals surface area contributed by atoms with Gasteiger partial charge in [0.05, 0.1) is 16.8 Å². The van der Waals surface area contributed by atoms with E-state index in [-0.39, 0.29) is 0 Å². The van der Waals surface area contributed by atoms with Crippen molar-refractivity contribution in [1.82, 2.24) is 9.97 Å². The van der Waals surface area contributed by atoms with Crippen molar-refractivity contribution in [3.63, 3.8) is 0 Å². The van der Waals surface area contributed by atoms with Crippen molar-refractivity contribution in [2.24, 2.45) is 0 Å². The van der Waals surface area contributed by atoms with Gasteiger partial charge in [0.2, 0.25) is 0 Å². The molecule has 8 aromatic rings. The van der Waals surface area contributed by atoms with Crippen LogP contribution < -0.4 is 0 Å². The monoisotopic (exact) mass is 654 g/mol. The van der Waals surface area contributed by atoms with Crippen LogP contribution in [-0.4, -0.2) is 9.97 Å². The standard InChI is InChI=1S/C47H30N2S/c1-3-16-31(17-4-1)33-20-7-8-23-36(33)43-30-42(32-18-5-2-6-19-32)48-46(49-43)37-24-15-28-41-45(37)50-44-29-14-13-27-40(44)47(41)38-25-11-9-21-34(38)35-22-10-12-26-39(35)47/h1-30H. The zero-order chi connectivity index (χ0) is 33.1. The fraction of sp³-hybridized carbons (Fsp3) is 0.0213. The summed E-state index contributed by atoms with van der Waals surface area (Å²) in [5.41, 5.74) is 14.7. The number of rotatable bonds is 4. The lowest BCUT2D eigenvalue weighted by molar-refractivity contribution is 0.723. The molecule has 2 nitrogen and oxygen atoms in total. The summed E-state index contributed by atoms with van der Waals surface area (Å²) < 4.78 is 0. The van der Waals surface area contributed by atoms with Crippen molar-refractivity contribution < 1.29 is 0 Å². The molecule has 1 aromatic heterocycles. The molecule has 3 heteroatoms. The summed E-state index contributed by atoms with van der Waals surface area (Å²) in [6.45, 7) is 0. The van der Waals surface area contributed by atoms with Crippen LogP contribution in [0.1, 0.15) is 22.3 Å². The van der Waals surface area contributed by atoms with E-state index in [1.165, 1.54) is 43.2 Å². The summed E-state index contributed by atoms with van der Waals surface area (Å²) in [6, 6.07) is 65.3. The van der Waals surface area contributed by atoms with Crippen molar-refractivity contribution in [2.75, 3.05) is 0 Å². The van der Waals surface area contributed by atoms with Crippen LogP contribution in [-0.2, 0) is 5.41 Å². The lowest BCUT2D eigenvalue weighted by Crippen LogP contribution is -2.32. The highest BCUT2D eigenvalue weighted by Gasteiger charge is 2.50. The van der Waals surface area contributed by atoms with Crippen LogP contribution in [0.5, 0.6) is 0 Å². The van der Waals surface area contributed by atoms with E-state index in [2.05, 4.69) is 182 Å². The SMILES string of the molecule is c1ccc(-c2cc(-c3ccccc3-c3ccccc3)nc(-c3cccc4c3Sc3ccccc3C43c4ccccc4-c4ccccc43)n2)cc1. The quantitative estimate of drug-likeness (QED) is 0.189. The number of aromatic nitrogens is 2. The van der Waals surface area contributed by atoms with Gasteiger partial charge in [0, 0.05) is 26.5 Å². The largest absolute Gasteiger partial charge is 0.228 e. The lowest BCUT2D eigenvalue weighted by atomic mass is 9.67. The molecule has 0 fully saturated rings. The van der Waals surface area contributed by atoms with Crippen molar-refractivity contribution in [3.05, 3.63) is 204 Å². The molecule has 234 valence electrons. The summed E-state index contributed by atoms with van der Waals surface area (Å²) in [7, 11) is 0. The van der Waals surface area contributed by atoms with Gasteiger partial charge in [-0.1, -0.05) is 182 Å². The van der Waals surface area contributed by atoms with Gasteiger partial charge >= 0.3 is 0 Å². The number of fused-ring (bicyclic) bond motifs is 9. The van der Waals surface area contributed by atoms with Gasteiger partial charge in [-0.05, 0) is 56.6 Å².